The van der Waals surface area contributed by atoms with Gasteiger partial charge in [0.05, 0.1) is 6.61 Å². The van der Waals surface area contributed by atoms with Gasteiger partial charge in [0.25, 0.3) is 0 Å². The van der Waals surface area contributed by atoms with Crippen molar-refractivity contribution >= 4 is 0 Å². The lowest BCUT2D eigenvalue weighted by Crippen LogP contribution is -2.13. The molecule has 96 valence electrons. The Morgan fingerprint density at radius 1 is 1.06 bits per heavy atom. The summed E-state index contributed by atoms with van der Waals surface area (Å²) in [5.74, 6) is 1.05. The zero-order chi connectivity index (χ0) is 12.8. The normalized spacial score (nSPS) is 10.9. The van der Waals surface area contributed by atoms with Crippen LogP contribution in [0.25, 0.3) is 0 Å². The first-order chi connectivity index (χ1) is 8.00. The molecule has 17 heavy (non-hydrogen) atoms. The van der Waals surface area contributed by atoms with Gasteiger partial charge in [0.2, 0.25) is 0 Å². The Bertz CT molecular complexity index is 358. The maximum Gasteiger partial charge on any atom is 0.122 e. The molecule has 0 radical (unpaired) electrons. The number of hydrogen-bond acceptors (Lipinski definition) is 2. The van der Waals surface area contributed by atoms with Gasteiger partial charge in [0.1, 0.15) is 5.75 Å². The fourth-order valence-corrected chi connectivity index (χ4v) is 1.86. The van der Waals surface area contributed by atoms with E-state index in [1.54, 1.807) is 0 Å². The Hall–Kier alpha value is -1.02. The molecule has 0 N–H and O–H groups in total. The fraction of sp³-hybridized carbons (Fsp3) is 0.600. The van der Waals surface area contributed by atoms with Crippen molar-refractivity contribution in [1.29, 1.82) is 0 Å². The molecule has 0 heterocycles. The van der Waals surface area contributed by atoms with E-state index in [-0.39, 0.29) is 0 Å². The van der Waals surface area contributed by atoms with E-state index in [1.807, 2.05) is 0 Å². The molecule has 2 nitrogen and oxygen atoms in total. The molecular formula is C15H25NO. The maximum absolute atomic E-state index is 5.86. The molecule has 1 aromatic rings. The standard InChI is InChI=1S/C15H25NO/c1-12-10-13(2)14(3)15(11-12)17-9-7-6-8-16(4)5/h10-11H,6-9H2,1-5H3. The number of ether oxygens (including phenoxy) is 1. The molecule has 0 saturated carbocycles. The quantitative estimate of drug-likeness (QED) is 0.701. The van der Waals surface area contributed by atoms with Crippen molar-refractivity contribution < 1.29 is 4.74 Å². The highest BCUT2D eigenvalue weighted by Gasteiger charge is 2.03. The van der Waals surface area contributed by atoms with E-state index in [2.05, 4.69) is 51.9 Å². The van der Waals surface area contributed by atoms with Crippen LogP contribution in [0, 0.1) is 20.8 Å². The summed E-state index contributed by atoms with van der Waals surface area (Å²) in [7, 11) is 4.21. The van der Waals surface area contributed by atoms with Crippen LogP contribution in [0.1, 0.15) is 29.5 Å². The minimum absolute atomic E-state index is 0.817. The lowest BCUT2D eigenvalue weighted by molar-refractivity contribution is 0.291. The molecule has 2 heteroatoms. The average molecular weight is 235 g/mol. The van der Waals surface area contributed by atoms with Crippen LogP contribution in [-0.2, 0) is 0 Å². The molecule has 0 amide bonds. The zero-order valence-corrected chi connectivity index (χ0v) is 11.8. The van der Waals surface area contributed by atoms with Crippen molar-refractivity contribution in [3.8, 4) is 5.75 Å². The average Bonchev–Trinajstić information content (AvgIpc) is 2.23. The van der Waals surface area contributed by atoms with Crippen LogP contribution in [0.4, 0.5) is 0 Å². The number of benzene rings is 1. The monoisotopic (exact) mass is 235 g/mol. The van der Waals surface area contributed by atoms with E-state index in [0.717, 1.165) is 25.3 Å². The van der Waals surface area contributed by atoms with Crippen LogP contribution < -0.4 is 4.74 Å². The van der Waals surface area contributed by atoms with Gasteiger partial charge in [-0.15, -0.1) is 0 Å². The summed E-state index contributed by atoms with van der Waals surface area (Å²) in [5.41, 5.74) is 3.85. The summed E-state index contributed by atoms with van der Waals surface area (Å²) >= 11 is 0. The molecule has 0 unspecified atom stereocenters. The van der Waals surface area contributed by atoms with Gasteiger partial charge in [-0.25, -0.2) is 0 Å². The first-order valence-electron chi connectivity index (χ1n) is 6.36. The van der Waals surface area contributed by atoms with Crippen LogP contribution in [0.2, 0.25) is 0 Å². The zero-order valence-electron chi connectivity index (χ0n) is 11.8. The summed E-state index contributed by atoms with van der Waals surface area (Å²) in [6.07, 6.45) is 2.31. The summed E-state index contributed by atoms with van der Waals surface area (Å²) in [6, 6.07) is 4.34. The lowest BCUT2D eigenvalue weighted by atomic mass is 10.1. The maximum atomic E-state index is 5.86. The molecular weight excluding hydrogens is 210 g/mol. The second-order valence-corrected chi connectivity index (χ2v) is 5.06. The number of aryl methyl sites for hydroxylation is 2. The molecule has 0 aromatic heterocycles. The molecule has 0 aliphatic rings. The van der Waals surface area contributed by atoms with E-state index >= 15 is 0 Å². The smallest absolute Gasteiger partial charge is 0.122 e. The van der Waals surface area contributed by atoms with Crippen molar-refractivity contribution in [1.82, 2.24) is 4.90 Å². The van der Waals surface area contributed by atoms with Crippen molar-refractivity contribution in [2.75, 3.05) is 27.2 Å². The van der Waals surface area contributed by atoms with Crippen molar-refractivity contribution in [2.45, 2.75) is 33.6 Å². The van der Waals surface area contributed by atoms with Crippen LogP contribution in [0.5, 0.6) is 5.75 Å². The minimum Gasteiger partial charge on any atom is -0.493 e. The first kappa shape index (κ1) is 14.0. The van der Waals surface area contributed by atoms with Gasteiger partial charge in [0, 0.05) is 0 Å². The molecule has 0 bridgehead atoms. The molecule has 0 atom stereocenters. The third kappa shape index (κ3) is 4.78. The molecule has 0 aliphatic heterocycles. The van der Waals surface area contributed by atoms with Crippen LogP contribution >= 0.6 is 0 Å². The number of rotatable bonds is 6. The number of unbranched alkanes of at least 4 members (excludes halogenated alkanes) is 1. The molecule has 1 rings (SSSR count). The summed E-state index contributed by atoms with van der Waals surface area (Å²) < 4.78 is 5.86. The Labute approximate surface area is 106 Å². The highest BCUT2D eigenvalue weighted by molar-refractivity contribution is 5.41. The van der Waals surface area contributed by atoms with Gasteiger partial charge in [0.15, 0.2) is 0 Å². The van der Waals surface area contributed by atoms with Crippen molar-refractivity contribution in [3.05, 3.63) is 28.8 Å². The van der Waals surface area contributed by atoms with E-state index < -0.39 is 0 Å². The van der Waals surface area contributed by atoms with Crippen LogP contribution in [0.3, 0.4) is 0 Å². The highest BCUT2D eigenvalue weighted by Crippen LogP contribution is 2.23. The van der Waals surface area contributed by atoms with Gasteiger partial charge in [-0.2, -0.15) is 0 Å². The van der Waals surface area contributed by atoms with Crippen LogP contribution in [0.15, 0.2) is 12.1 Å². The minimum atomic E-state index is 0.817. The van der Waals surface area contributed by atoms with E-state index in [4.69, 9.17) is 4.74 Å². The largest absolute Gasteiger partial charge is 0.493 e. The first-order valence-corrected chi connectivity index (χ1v) is 6.36. The second-order valence-electron chi connectivity index (χ2n) is 5.06. The molecule has 0 saturated heterocycles. The van der Waals surface area contributed by atoms with E-state index in [0.29, 0.717) is 0 Å². The highest BCUT2D eigenvalue weighted by atomic mass is 16.5. The summed E-state index contributed by atoms with van der Waals surface area (Å²) in [5, 5.41) is 0. The second kappa shape index (κ2) is 6.65. The van der Waals surface area contributed by atoms with Crippen molar-refractivity contribution in [3.63, 3.8) is 0 Å². The summed E-state index contributed by atoms with van der Waals surface area (Å²) in [4.78, 5) is 2.21. The van der Waals surface area contributed by atoms with Gasteiger partial charge in [-0.3, -0.25) is 0 Å². The number of nitrogens with zero attached hydrogens (tertiary/aromatic N) is 1. The van der Waals surface area contributed by atoms with Gasteiger partial charge in [-0.1, -0.05) is 6.07 Å². The Kier molecular flexibility index (Phi) is 5.49. The third-order valence-corrected chi connectivity index (χ3v) is 3.02. The Morgan fingerprint density at radius 2 is 1.76 bits per heavy atom. The van der Waals surface area contributed by atoms with Crippen molar-refractivity contribution in [2.24, 2.45) is 0 Å². The third-order valence-electron chi connectivity index (χ3n) is 3.02. The predicted octanol–water partition coefficient (Wildman–Crippen LogP) is 3.33. The molecule has 0 spiro atoms. The Morgan fingerprint density at radius 3 is 2.41 bits per heavy atom. The predicted molar refractivity (Wildman–Crippen MR) is 73.9 cm³/mol. The molecule has 0 aliphatic carbocycles. The summed E-state index contributed by atoms with van der Waals surface area (Å²) in [6.45, 7) is 8.34. The lowest BCUT2D eigenvalue weighted by Gasteiger charge is -2.13. The SMILES string of the molecule is Cc1cc(C)c(C)c(OCCCCN(C)C)c1. The van der Waals surface area contributed by atoms with Gasteiger partial charge in [-0.05, 0) is 77.0 Å². The number of hydrogen-bond donors (Lipinski definition) is 0. The topological polar surface area (TPSA) is 12.5 Å². The van der Waals surface area contributed by atoms with Gasteiger partial charge < -0.3 is 9.64 Å². The molecule has 0 fully saturated rings. The van der Waals surface area contributed by atoms with E-state index in [1.165, 1.54) is 23.1 Å². The van der Waals surface area contributed by atoms with E-state index in [9.17, 15) is 0 Å². The van der Waals surface area contributed by atoms with Crippen LogP contribution in [-0.4, -0.2) is 32.1 Å². The fourth-order valence-electron chi connectivity index (χ4n) is 1.86. The van der Waals surface area contributed by atoms with Gasteiger partial charge >= 0.3 is 0 Å². The molecule has 1 aromatic carbocycles. The Balaban J connectivity index is 2.41.